The van der Waals surface area contributed by atoms with Crippen molar-refractivity contribution < 1.29 is 47.7 Å². The van der Waals surface area contributed by atoms with Crippen molar-refractivity contribution in [1.29, 1.82) is 0 Å². The van der Waals surface area contributed by atoms with Crippen LogP contribution in [0.5, 0.6) is 0 Å². The van der Waals surface area contributed by atoms with Crippen LogP contribution in [-0.4, -0.2) is 109 Å². The molecule has 17 heteroatoms. The van der Waals surface area contributed by atoms with E-state index in [1.165, 1.54) is 0 Å². The van der Waals surface area contributed by atoms with E-state index in [4.69, 9.17) is 18.9 Å². The molecule has 0 saturated carbocycles. The van der Waals surface area contributed by atoms with Crippen molar-refractivity contribution in [3.8, 4) is 0 Å². The van der Waals surface area contributed by atoms with Gasteiger partial charge in [-0.05, 0) is 115 Å². The number of hydrogen-bond donors (Lipinski definition) is 5. The number of hydrogen-bond acceptors (Lipinski definition) is 11. The third-order valence-corrected chi connectivity index (χ3v) is 6.62. The van der Waals surface area contributed by atoms with Crippen molar-refractivity contribution in [1.82, 2.24) is 31.5 Å². The molecule has 0 atom stereocenters. The van der Waals surface area contributed by atoms with Crippen LogP contribution in [0.15, 0.2) is 4.99 Å². The molecule has 0 aliphatic carbocycles. The molecule has 0 unspecified atom stereocenters. The molecule has 318 valence electrons. The molecule has 0 radical (unpaired) electrons. The fourth-order valence-corrected chi connectivity index (χ4v) is 4.41. The maximum atomic E-state index is 12.7. The molecule has 0 spiro atoms. The van der Waals surface area contributed by atoms with E-state index in [-0.39, 0.29) is 30.7 Å². The van der Waals surface area contributed by atoms with Gasteiger partial charge in [-0.1, -0.05) is 19.3 Å². The van der Waals surface area contributed by atoms with E-state index < -0.39 is 46.8 Å². The van der Waals surface area contributed by atoms with E-state index in [0.29, 0.717) is 64.8 Å². The van der Waals surface area contributed by atoms with Gasteiger partial charge in [0.2, 0.25) is 17.8 Å². The first-order valence-electron chi connectivity index (χ1n) is 19.3. The number of carbonyl (C=O) groups excluding carboxylic acids is 6. The molecule has 0 fully saturated rings. The number of rotatable bonds is 19. The summed E-state index contributed by atoms with van der Waals surface area (Å²) in [4.78, 5) is 79.5. The highest BCUT2D eigenvalue weighted by atomic mass is 16.6. The van der Waals surface area contributed by atoms with Gasteiger partial charge >= 0.3 is 24.4 Å². The third kappa shape index (κ3) is 32.8. The molecule has 17 nitrogen and oxygen atoms in total. The normalized spacial score (nSPS) is 11.7. The van der Waals surface area contributed by atoms with Crippen LogP contribution in [0.3, 0.4) is 0 Å². The lowest BCUT2D eigenvalue weighted by Crippen LogP contribution is -2.47. The molecule has 6 amide bonds. The molecular formula is C38H71N7O10. The molecule has 0 aliphatic heterocycles. The molecule has 0 saturated heterocycles. The lowest BCUT2D eigenvalue weighted by molar-refractivity contribution is -0.126. The lowest BCUT2D eigenvalue weighted by atomic mass is 10.1. The van der Waals surface area contributed by atoms with Crippen LogP contribution in [0.2, 0.25) is 0 Å². The van der Waals surface area contributed by atoms with Crippen LogP contribution < -0.4 is 26.6 Å². The van der Waals surface area contributed by atoms with Crippen LogP contribution in [0.25, 0.3) is 0 Å². The molecule has 0 aromatic carbocycles. The Kier molecular flexibility index (Phi) is 23.0. The minimum atomic E-state index is -0.756. The third-order valence-electron chi connectivity index (χ3n) is 6.62. The predicted octanol–water partition coefficient (Wildman–Crippen LogP) is 5.90. The molecule has 0 aromatic rings. The average molecular weight is 786 g/mol. The predicted molar refractivity (Wildman–Crippen MR) is 211 cm³/mol. The zero-order valence-electron chi connectivity index (χ0n) is 35.6. The van der Waals surface area contributed by atoms with E-state index in [1.54, 1.807) is 88.0 Å². The van der Waals surface area contributed by atoms with Crippen molar-refractivity contribution >= 4 is 42.1 Å². The van der Waals surface area contributed by atoms with Crippen molar-refractivity contribution in [3.05, 3.63) is 0 Å². The molecule has 0 aliphatic rings. The number of alkyl carbamates (subject to hydrolysis) is 3. The van der Waals surface area contributed by atoms with E-state index in [2.05, 4.69) is 31.6 Å². The number of unbranched alkanes of at least 4 members (excludes halogenated alkanes) is 5. The molecule has 0 bridgehead atoms. The Balaban J connectivity index is 4.42. The average Bonchev–Trinajstić information content (AvgIpc) is 2.98. The van der Waals surface area contributed by atoms with Gasteiger partial charge in [0.25, 0.3) is 0 Å². The fraction of sp³-hybridized carbons (Fsp3) is 0.816. The molecule has 0 rings (SSSR count). The highest BCUT2D eigenvalue weighted by Crippen LogP contribution is 2.13. The summed E-state index contributed by atoms with van der Waals surface area (Å²) in [6, 6.07) is 0. The number of nitrogens with one attached hydrogen (secondary N) is 5. The van der Waals surface area contributed by atoms with Gasteiger partial charge < -0.3 is 39.8 Å². The largest absolute Gasteiger partial charge is 0.444 e. The summed E-state index contributed by atoms with van der Waals surface area (Å²) in [5.41, 5.74) is -2.70. The van der Waals surface area contributed by atoms with Crippen molar-refractivity contribution in [2.75, 3.05) is 39.3 Å². The lowest BCUT2D eigenvalue weighted by Gasteiger charge is -2.27. The van der Waals surface area contributed by atoms with Gasteiger partial charge in [0.1, 0.15) is 22.4 Å². The number of nitrogens with zero attached hydrogens (tertiary/aromatic N) is 2. The molecule has 55 heavy (non-hydrogen) atoms. The van der Waals surface area contributed by atoms with Gasteiger partial charge in [-0.15, -0.1) is 0 Å². The van der Waals surface area contributed by atoms with E-state index >= 15 is 0 Å². The first-order chi connectivity index (χ1) is 25.2. The zero-order chi connectivity index (χ0) is 42.3. The van der Waals surface area contributed by atoms with E-state index in [9.17, 15) is 28.8 Å². The number of guanidine groups is 1. The SMILES string of the molecule is CC(C)(C)OC(=O)NCCCN(CCCCCC(=O)NCC(=O)NCCCCCCN=C(NC(=O)OC(C)(C)C)NC(=O)OC(C)(C)C)C(=O)OC(C)(C)C. The van der Waals surface area contributed by atoms with Crippen molar-refractivity contribution in [2.45, 2.75) is 163 Å². The number of ether oxygens (including phenoxy) is 4. The standard InChI is InChI=1S/C38H71N7O10/c1-35(2,3)52-31(48)41-24-20-26-45(34(51)55-38(10,11)12)25-19-15-16-21-28(46)42-27-29(47)39-22-17-13-14-18-23-40-30(43-32(49)53-36(4,5)6)44-33(50)54-37(7,8)9/h13-27H2,1-12H3,(H,39,47)(H,41,48)(H,42,46)(H2,40,43,44,49,50). The van der Waals surface area contributed by atoms with Gasteiger partial charge in [0.15, 0.2) is 0 Å². The smallest absolute Gasteiger partial charge is 0.414 e. The van der Waals surface area contributed by atoms with Crippen LogP contribution in [0.4, 0.5) is 19.2 Å². The van der Waals surface area contributed by atoms with Gasteiger partial charge in [-0.3, -0.25) is 25.2 Å². The zero-order valence-corrected chi connectivity index (χ0v) is 35.6. The summed E-state index contributed by atoms with van der Waals surface area (Å²) in [5.74, 6) is -0.575. The number of amides is 6. The van der Waals surface area contributed by atoms with Gasteiger partial charge in [-0.25, -0.2) is 19.2 Å². The summed E-state index contributed by atoms with van der Waals surface area (Å²) in [6.45, 7) is 22.9. The first kappa shape index (κ1) is 50.7. The van der Waals surface area contributed by atoms with Gasteiger partial charge in [0, 0.05) is 39.1 Å². The Labute approximate surface area is 328 Å². The van der Waals surface area contributed by atoms with Crippen LogP contribution in [-0.2, 0) is 28.5 Å². The van der Waals surface area contributed by atoms with Crippen LogP contribution >= 0.6 is 0 Å². The second-order valence-corrected chi connectivity index (χ2v) is 17.1. The minimum Gasteiger partial charge on any atom is -0.444 e. The first-order valence-corrected chi connectivity index (χ1v) is 19.3. The Morgan fingerprint density at radius 3 is 1.51 bits per heavy atom. The molecular weight excluding hydrogens is 714 g/mol. The van der Waals surface area contributed by atoms with E-state index in [0.717, 1.165) is 19.3 Å². The second kappa shape index (κ2) is 25.0. The highest BCUT2D eigenvalue weighted by molar-refractivity contribution is 6.01. The molecule has 5 N–H and O–H groups in total. The summed E-state index contributed by atoms with van der Waals surface area (Å²) in [5, 5.41) is 13.0. The van der Waals surface area contributed by atoms with Gasteiger partial charge in [0.05, 0.1) is 6.54 Å². The minimum absolute atomic E-state index is 0.0687. The summed E-state index contributed by atoms with van der Waals surface area (Å²) < 4.78 is 21.3. The quantitative estimate of drug-likeness (QED) is 0.0453. The van der Waals surface area contributed by atoms with Crippen molar-refractivity contribution in [2.24, 2.45) is 4.99 Å². The van der Waals surface area contributed by atoms with Crippen molar-refractivity contribution in [3.63, 3.8) is 0 Å². The molecule has 0 aromatic heterocycles. The summed E-state index contributed by atoms with van der Waals surface area (Å²) >= 11 is 0. The topological polar surface area (TPSA) is 215 Å². The Morgan fingerprint density at radius 1 is 0.491 bits per heavy atom. The Morgan fingerprint density at radius 2 is 0.964 bits per heavy atom. The van der Waals surface area contributed by atoms with Gasteiger partial charge in [-0.2, -0.15) is 0 Å². The Bertz CT molecular complexity index is 1210. The molecule has 0 heterocycles. The Hall–Kier alpha value is -4.31. The second-order valence-electron chi connectivity index (χ2n) is 17.1. The van der Waals surface area contributed by atoms with E-state index in [1.807, 2.05) is 0 Å². The van der Waals surface area contributed by atoms with Crippen LogP contribution in [0.1, 0.15) is 141 Å². The highest BCUT2D eigenvalue weighted by Gasteiger charge is 2.23. The number of carbonyl (C=O) groups is 6. The maximum absolute atomic E-state index is 12.7. The summed E-state index contributed by atoms with van der Waals surface area (Å²) in [7, 11) is 0. The van der Waals surface area contributed by atoms with Crippen LogP contribution in [0, 0.1) is 0 Å². The maximum Gasteiger partial charge on any atom is 0.414 e. The monoisotopic (exact) mass is 786 g/mol. The fourth-order valence-electron chi connectivity index (χ4n) is 4.41. The number of aliphatic imine (C=N–C) groups is 1. The summed E-state index contributed by atoms with van der Waals surface area (Å²) in [6.07, 6.45) is 3.27.